The van der Waals surface area contributed by atoms with Gasteiger partial charge in [-0.2, -0.15) is 0 Å². The van der Waals surface area contributed by atoms with Gasteiger partial charge in [0.1, 0.15) is 5.75 Å². The molecule has 2 heterocycles. The molecule has 0 atom stereocenters. The second-order valence-corrected chi connectivity index (χ2v) is 6.11. The number of benzene rings is 1. The molecule has 0 fully saturated rings. The molecule has 4 heteroatoms. The zero-order chi connectivity index (χ0) is 15.0. The van der Waals surface area contributed by atoms with E-state index in [-0.39, 0.29) is 23.5 Å². The highest BCUT2D eigenvalue weighted by Crippen LogP contribution is 2.40. The number of para-hydroxylation sites is 1. The molecule has 108 valence electrons. The second-order valence-electron chi connectivity index (χ2n) is 6.11. The fraction of sp³-hybridized carbons (Fsp3) is 0.294. The van der Waals surface area contributed by atoms with Crippen LogP contribution >= 0.6 is 0 Å². The first-order chi connectivity index (χ1) is 9.97. The molecule has 1 amide bonds. The van der Waals surface area contributed by atoms with E-state index in [1.807, 2.05) is 23.1 Å². The average molecular weight is 282 g/mol. The van der Waals surface area contributed by atoms with Crippen molar-refractivity contribution in [1.82, 2.24) is 4.98 Å². The number of rotatable bonds is 2. The quantitative estimate of drug-likeness (QED) is 0.921. The molecule has 0 saturated carbocycles. The van der Waals surface area contributed by atoms with Gasteiger partial charge in [-0.15, -0.1) is 0 Å². The maximum absolute atomic E-state index is 12.6. The number of hydrogen-bond acceptors (Lipinski definition) is 3. The Hall–Kier alpha value is -2.36. The molecule has 1 aliphatic heterocycles. The van der Waals surface area contributed by atoms with Gasteiger partial charge in [0, 0.05) is 23.8 Å². The lowest BCUT2D eigenvalue weighted by molar-refractivity contribution is -0.118. The fourth-order valence-corrected chi connectivity index (χ4v) is 2.91. The Labute approximate surface area is 124 Å². The van der Waals surface area contributed by atoms with Crippen LogP contribution in [-0.2, 0) is 16.6 Å². The molecular formula is C17H18N2O2. The zero-order valence-electron chi connectivity index (χ0n) is 12.2. The zero-order valence-corrected chi connectivity index (χ0v) is 12.2. The van der Waals surface area contributed by atoms with Gasteiger partial charge in [0.2, 0.25) is 5.91 Å². The minimum absolute atomic E-state index is 0.0282. The van der Waals surface area contributed by atoms with Crippen molar-refractivity contribution in [1.29, 1.82) is 0 Å². The molecule has 0 aliphatic carbocycles. The first-order valence-corrected chi connectivity index (χ1v) is 7.00. The number of fused-ring (bicyclic) bond motifs is 1. The van der Waals surface area contributed by atoms with Crippen molar-refractivity contribution < 1.29 is 9.90 Å². The molecule has 0 unspecified atom stereocenters. The van der Waals surface area contributed by atoms with Gasteiger partial charge in [-0.1, -0.05) is 32.0 Å². The third kappa shape index (κ3) is 2.49. The number of nitrogens with zero attached hydrogens (tertiary/aromatic N) is 2. The summed E-state index contributed by atoms with van der Waals surface area (Å²) in [7, 11) is 0. The second kappa shape index (κ2) is 4.88. The molecule has 0 radical (unpaired) electrons. The summed E-state index contributed by atoms with van der Waals surface area (Å²) in [5, 5.41) is 9.44. The van der Waals surface area contributed by atoms with E-state index in [2.05, 4.69) is 24.9 Å². The van der Waals surface area contributed by atoms with Crippen molar-refractivity contribution in [2.24, 2.45) is 0 Å². The third-order valence-electron chi connectivity index (χ3n) is 3.91. The van der Waals surface area contributed by atoms with Gasteiger partial charge in [-0.25, -0.2) is 0 Å². The lowest BCUT2D eigenvalue weighted by Crippen LogP contribution is -2.34. The number of carbonyl (C=O) groups is 1. The van der Waals surface area contributed by atoms with E-state index in [0.29, 0.717) is 6.54 Å². The highest BCUT2D eigenvalue weighted by Gasteiger charge is 2.37. The van der Waals surface area contributed by atoms with Crippen molar-refractivity contribution >= 4 is 11.6 Å². The van der Waals surface area contributed by atoms with E-state index in [1.54, 1.807) is 12.3 Å². The molecule has 0 saturated heterocycles. The molecule has 1 aliphatic rings. The first-order valence-electron chi connectivity index (χ1n) is 7.00. The summed E-state index contributed by atoms with van der Waals surface area (Å²) >= 11 is 0. The fourth-order valence-electron chi connectivity index (χ4n) is 2.91. The summed E-state index contributed by atoms with van der Waals surface area (Å²) in [6.45, 7) is 4.97. The van der Waals surface area contributed by atoms with E-state index in [1.165, 1.54) is 11.8 Å². The Morgan fingerprint density at radius 2 is 2.10 bits per heavy atom. The molecular weight excluding hydrogens is 264 g/mol. The molecule has 0 spiro atoms. The summed E-state index contributed by atoms with van der Waals surface area (Å²) < 4.78 is 0. The van der Waals surface area contributed by atoms with Gasteiger partial charge in [0.05, 0.1) is 12.6 Å². The van der Waals surface area contributed by atoms with Crippen molar-refractivity contribution in [3.05, 3.63) is 53.9 Å². The molecule has 1 aromatic heterocycles. The smallest absolute Gasteiger partial charge is 0.231 e. The SMILES string of the molecule is CC1(C)CN(C(=O)Cc2cncc(O)c2)c2ccccc21. The van der Waals surface area contributed by atoms with Crippen LogP contribution in [0.15, 0.2) is 42.7 Å². The summed E-state index contributed by atoms with van der Waals surface area (Å²) in [6.07, 6.45) is 3.22. The highest BCUT2D eigenvalue weighted by atomic mass is 16.3. The van der Waals surface area contributed by atoms with Crippen LogP contribution in [0.4, 0.5) is 5.69 Å². The molecule has 21 heavy (non-hydrogen) atoms. The summed E-state index contributed by atoms with van der Waals surface area (Å²) in [6, 6.07) is 9.61. The molecule has 2 aromatic rings. The number of aromatic nitrogens is 1. The van der Waals surface area contributed by atoms with Crippen LogP contribution in [-0.4, -0.2) is 22.5 Å². The number of carbonyl (C=O) groups excluding carboxylic acids is 1. The van der Waals surface area contributed by atoms with Crippen LogP contribution in [0.1, 0.15) is 25.0 Å². The normalized spacial score (nSPS) is 15.8. The van der Waals surface area contributed by atoms with Crippen LogP contribution in [0, 0.1) is 0 Å². The topological polar surface area (TPSA) is 53.4 Å². The van der Waals surface area contributed by atoms with E-state index >= 15 is 0 Å². The Morgan fingerprint density at radius 3 is 2.86 bits per heavy atom. The average Bonchev–Trinajstić information content (AvgIpc) is 2.72. The van der Waals surface area contributed by atoms with Crippen LogP contribution < -0.4 is 4.90 Å². The maximum atomic E-state index is 12.6. The predicted molar refractivity (Wildman–Crippen MR) is 81.4 cm³/mol. The number of pyridine rings is 1. The Morgan fingerprint density at radius 1 is 1.33 bits per heavy atom. The molecule has 1 aromatic carbocycles. The van der Waals surface area contributed by atoms with Gasteiger partial charge in [0.25, 0.3) is 0 Å². The molecule has 1 N–H and O–H groups in total. The standard InChI is InChI=1S/C17H18N2O2/c1-17(2)11-19(15-6-4-3-5-14(15)17)16(21)8-12-7-13(20)10-18-9-12/h3-7,9-10,20H,8,11H2,1-2H3. The molecule has 3 rings (SSSR count). The number of aromatic hydroxyl groups is 1. The summed E-state index contributed by atoms with van der Waals surface area (Å²) in [4.78, 5) is 18.3. The Kier molecular flexibility index (Phi) is 3.16. The highest BCUT2D eigenvalue weighted by molar-refractivity contribution is 5.97. The first kappa shape index (κ1) is 13.6. The van der Waals surface area contributed by atoms with Crippen LogP contribution in [0.2, 0.25) is 0 Å². The van der Waals surface area contributed by atoms with Crippen LogP contribution in [0.5, 0.6) is 5.75 Å². The van der Waals surface area contributed by atoms with Crippen molar-refractivity contribution in [3.63, 3.8) is 0 Å². The van der Waals surface area contributed by atoms with Crippen LogP contribution in [0.25, 0.3) is 0 Å². The van der Waals surface area contributed by atoms with E-state index < -0.39 is 0 Å². The summed E-state index contributed by atoms with van der Waals surface area (Å²) in [5.41, 5.74) is 2.87. The van der Waals surface area contributed by atoms with Crippen LogP contribution in [0.3, 0.4) is 0 Å². The van der Waals surface area contributed by atoms with Crippen molar-refractivity contribution in [3.8, 4) is 5.75 Å². The minimum atomic E-state index is -0.0384. The Bertz CT molecular complexity index is 695. The molecule has 4 nitrogen and oxygen atoms in total. The van der Waals surface area contributed by atoms with Crippen molar-refractivity contribution in [2.45, 2.75) is 25.7 Å². The van der Waals surface area contributed by atoms with E-state index in [4.69, 9.17) is 0 Å². The van der Waals surface area contributed by atoms with Gasteiger partial charge in [0.15, 0.2) is 0 Å². The summed E-state index contributed by atoms with van der Waals surface area (Å²) in [5.74, 6) is 0.114. The van der Waals surface area contributed by atoms with Gasteiger partial charge in [-0.05, 0) is 23.3 Å². The monoisotopic (exact) mass is 282 g/mol. The largest absolute Gasteiger partial charge is 0.506 e. The minimum Gasteiger partial charge on any atom is -0.506 e. The number of amides is 1. The lowest BCUT2D eigenvalue weighted by Gasteiger charge is -2.20. The lowest BCUT2D eigenvalue weighted by atomic mass is 9.87. The van der Waals surface area contributed by atoms with Gasteiger partial charge >= 0.3 is 0 Å². The van der Waals surface area contributed by atoms with E-state index in [0.717, 1.165) is 11.3 Å². The predicted octanol–water partition coefficient (Wildman–Crippen LogP) is 2.65. The maximum Gasteiger partial charge on any atom is 0.231 e. The number of anilines is 1. The van der Waals surface area contributed by atoms with E-state index in [9.17, 15) is 9.90 Å². The van der Waals surface area contributed by atoms with Gasteiger partial charge in [-0.3, -0.25) is 9.78 Å². The molecule has 0 bridgehead atoms. The Balaban J connectivity index is 1.87. The third-order valence-corrected chi connectivity index (χ3v) is 3.91. The van der Waals surface area contributed by atoms with Crippen molar-refractivity contribution in [2.75, 3.05) is 11.4 Å². The number of hydrogen-bond donors (Lipinski definition) is 1. The van der Waals surface area contributed by atoms with Gasteiger partial charge < -0.3 is 10.0 Å².